The molecule has 10 unspecified atom stereocenters. The van der Waals surface area contributed by atoms with Crippen molar-refractivity contribution in [3.63, 3.8) is 0 Å². The second kappa shape index (κ2) is 17.9. The first kappa shape index (κ1) is 39.4. The minimum atomic E-state index is -1.49. The maximum atomic E-state index is 12.3. The van der Waals surface area contributed by atoms with Crippen LogP contribution in [-0.4, -0.2) is 135 Å². The molecule has 2 aliphatic heterocycles. The topological polar surface area (TPSA) is 229 Å². The predicted molar refractivity (Wildman–Crippen MR) is 150 cm³/mol. The second-order valence-electron chi connectivity index (χ2n) is 10.3. The zero-order valence-corrected chi connectivity index (χ0v) is 28.7. The summed E-state index contributed by atoms with van der Waals surface area (Å²) in [4.78, 5) is 96.5. The third-order valence-electron chi connectivity index (χ3n) is 6.16. The van der Waals surface area contributed by atoms with Crippen LogP contribution in [0.4, 0.5) is 0 Å². The second-order valence-corrected chi connectivity index (χ2v) is 12.8. The molecule has 2 aliphatic rings. The minimum absolute atomic E-state index is 0.497. The number of esters is 8. The van der Waals surface area contributed by atoms with E-state index in [1.165, 1.54) is 0 Å². The summed E-state index contributed by atoms with van der Waals surface area (Å²) >= 11 is -1.19. The Hall–Kier alpha value is -3.80. The molecule has 0 aromatic heterocycles. The Morgan fingerprint density at radius 2 is 0.660 bits per heavy atom. The standard InChI is InChI=1S/C28H38O18Se/c1-11(29)37-9-19-21(39-13(3)31)23(41-15(5)33)25(43-17(7)35)27(45-19)47-28-26(44-18(8)36)24(42-16(6)34)22(40-14(4)32)20(46-28)10-38-12(2)30/h19-28H,9-10H2,1-8H3. The van der Waals surface area contributed by atoms with Gasteiger partial charge in [-0.05, 0) is 0 Å². The SMILES string of the molecule is CC(=O)OCC1OC([Se]C2OC(COC(C)=O)C(OC(C)=O)C(OC(C)=O)C2OC(C)=O)C(OC(C)=O)C(OC(C)=O)C1OC(C)=O. The van der Waals surface area contributed by atoms with Crippen LogP contribution in [0.3, 0.4) is 0 Å². The van der Waals surface area contributed by atoms with E-state index in [9.17, 15) is 38.4 Å². The molecule has 18 nitrogen and oxygen atoms in total. The number of carbonyl (C=O) groups excluding carboxylic acids is 8. The zero-order valence-electron chi connectivity index (χ0n) is 26.9. The molecule has 0 bridgehead atoms. The van der Waals surface area contributed by atoms with Crippen LogP contribution in [-0.2, 0) is 85.7 Å². The molecule has 10 atom stereocenters. The van der Waals surface area contributed by atoms with E-state index >= 15 is 0 Å². The van der Waals surface area contributed by atoms with Crippen molar-refractivity contribution in [2.24, 2.45) is 0 Å². The number of ether oxygens (including phenoxy) is 10. The summed E-state index contributed by atoms with van der Waals surface area (Å²) in [5, 5.41) is -2.55. The summed E-state index contributed by atoms with van der Waals surface area (Å²) in [5.74, 6) is -6.49. The number of hydrogen-bond acceptors (Lipinski definition) is 18. The third kappa shape index (κ3) is 12.4. The van der Waals surface area contributed by atoms with Gasteiger partial charge in [-0.1, -0.05) is 0 Å². The summed E-state index contributed by atoms with van der Waals surface area (Å²) in [7, 11) is 0. The Labute approximate surface area is 275 Å². The van der Waals surface area contributed by atoms with Gasteiger partial charge in [0.15, 0.2) is 0 Å². The predicted octanol–water partition coefficient (Wildman–Crippen LogP) is -1.14. The van der Waals surface area contributed by atoms with E-state index in [1.54, 1.807) is 0 Å². The Bertz CT molecular complexity index is 1110. The normalized spacial score (nSPS) is 30.0. The van der Waals surface area contributed by atoms with Gasteiger partial charge in [0.25, 0.3) is 0 Å². The molecular formula is C28H38O18Se. The molecule has 2 fully saturated rings. The third-order valence-corrected chi connectivity index (χ3v) is 8.88. The van der Waals surface area contributed by atoms with E-state index in [-0.39, 0.29) is 0 Å². The fraction of sp³-hybridized carbons (Fsp3) is 0.714. The Balaban J connectivity index is 2.69. The fourth-order valence-electron chi connectivity index (χ4n) is 4.73. The molecule has 19 heteroatoms. The van der Waals surface area contributed by atoms with Crippen LogP contribution in [0.15, 0.2) is 0 Å². The molecular weight excluding hydrogens is 703 g/mol. The summed E-state index contributed by atoms with van der Waals surface area (Å²) in [6.07, 6.45) is -11.3. The van der Waals surface area contributed by atoms with Crippen molar-refractivity contribution in [3.8, 4) is 0 Å². The first-order valence-electron chi connectivity index (χ1n) is 14.2. The van der Waals surface area contributed by atoms with Gasteiger partial charge in [-0.3, -0.25) is 0 Å². The van der Waals surface area contributed by atoms with Gasteiger partial charge in [0.05, 0.1) is 0 Å². The van der Waals surface area contributed by atoms with Crippen molar-refractivity contribution < 1.29 is 85.7 Å². The molecule has 0 aliphatic carbocycles. The monoisotopic (exact) mass is 742 g/mol. The van der Waals surface area contributed by atoms with Crippen molar-refractivity contribution in [1.82, 2.24) is 0 Å². The average Bonchev–Trinajstić information content (AvgIpc) is 2.91. The first-order valence-corrected chi connectivity index (χ1v) is 16.1. The van der Waals surface area contributed by atoms with E-state index in [2.05, 4.69) is 0 Å². The number of carbonyl (C=O) groups is 8. The molecule has 2 saturated heterocycles. The van der Waals surface area contributed by atoms with Crippen molar-refractivity contribution in [2.45, 2.75) is 114 Å². The van der Waals surface area contributed by atoms with E-state index in [4.69, 9.17) is 47.4 Å². The Kier molecular flexibility index (Phi) is 15.0. The molecule has 47 heavy (non-hydrogen) atoms. The molecule has 0 aromatic carbocycles. The average molecular weight is 742 g/mol. The van der Waals surface area contributed by atoms with Gasteiger partial charge < -0.3 is 0 Å². The van der Waals surface area contributed by atoms with E-state index in [0.717, 1.165) is 55.4 Å². The molecule has 0 N–H and O–H groups in total. The molecule has 264 valence electrons. The molecule has 2 rings (SSSR count). The van der Waals surface area contributed by atoms with Gasteiger partial charge in [0.2, 0.25) is 0 Å². The summed E-state index contributed by atoms with van der Waals surface area (Å²) in [5.41, 5.74) is 0. The van der Waals surface area contributed by atoms with Crippen molar-refractivity contribution in [2.75, 3.05) is 13.2 Å². The quantitative estimate of drug-likeness (QED) is 0.131. The van der Waals surface area contributed by atoms with Crippen molar-refractivity contribution >= 4 is 62.7 Å². The molecule has 0 radical (unpaired) electrons. The molecule has 0 spiro atoms. The first-order chi connectivity index (χ1) is 21.9. The zero-order chi connectivity index (χ0) is 35.6. The molecule has 0 aromatic rings. The van der Waals surface area contributed by atoms with Crippen LogP contribution < -0.4 is 0 Å². The van der Waals surface area contributed by atoms with Crippen LogP contribution in [0.5, 0.6) is 0 Å². The maximum absolute atomic E-state index is 12.3. The van der Waals surface area contributed by atoms with Crippen molar-refractivity contribution in [3.05, 3.63) is 0 Å². The van der Waals surface area contributed by atoms with Crippen LogP contribution in [0.25, 0.3) is 0 Å². The van der Waals surface area contributed by atoms with Gasteiger partial charge in [0.1, 0.15) is 0 Å². The van der Waals surface area contributed by atoms with Gasteiger partial charge in [0, 0.05) is 0 Å². The van der Waals surface area contributed by atoms with Gasteiger partial charge >= 0.3 is 276 Å². The van der Waals surface area contributed by atoms with Crippen LogP contribution >= 0.6 is 0 Å². The van der Waals surface area contributed by atoms with Crippen LogP contribution in [0.2, 0.25) is 0 Å². The fourth-order valence-corrected chi connectivity index (χ4v) is 7.68. The summed E-state index contributed by atoms with van der Waals surface area (Å²) in [6, 6.07) is 0. The van der Waals surface area contributed by atoms with E-state index < -0.39 is 135 Å². The Morgan fingerprint density at radius 1 is 0.404 bits per heavy atom. The molecule has 0 saturated carbocycles. The van der Waals surface area contributed by atoms with Gasteiger partial charge in [-0.15, -0.1) is 0 Å². The van der Waals surface area contributed by atoms with E-state index in [1.807, 2.05) is 0 Å². The molecule has 0 amide bonds. The molecule has 2 heterocycles. The van der Waals surface area contributed by atoms with Gasteiger partial charge in [-0.2, -0.15) is 0 Å². The van der Waals surface area contributed by atoms with Crippen LogP contribution in [0, 0.1) is 0 Å². The number of rotatable bonds is 12. The Morgan fingerprint density at radius 3 is 0.915 bits per heavy atom. The van der Waals surface area contributed by atoms with E-state index in [0.29, 0.717) is 0 Å². The summed E-state index contributed by atoms with van der Waals surface area (Å²) in [6.45, 7) is 7.64. The van der Waals surface area contributed by atoms with Gasteiger partial charge in [-0.25, -0.2) is 0 Å². The van der Waals surface area contributed by atoms with Crippen molar-refractivity contribution in [1.29, 1.82) is 0 Å². The summed E-state index contributed by atoms with van der Waals surface area (Å²) < 4.78 is 55.3. The van der Waals surface area contributed by atoms with Crippen LogP contribution in [0.1, 0.15) is 55.4 Å². The number of hydrogen-bond donors (Lipinski definition) is 0.